The third kappa shape index (κ3) is 5.86. The normalized spacial score (nSPS) is 29.3. The molecule has 0 aromatic carbocycles. The summed E-state index contributed by atoms with van der Waals surface area (Å²) >= 11 is 0. The van der Waals surface area contributed by atoms with Crippen molar-refractivity contribution in [3.63, 3.8) is 0 Å². The van der Waals surface area contributed by atoms with Crippen LogP contribution in [0.4, 0.5) is 0 Å². The molecule has 2 aliphatic rings. The fraction of sp³-hybridized carbons (Fsp3) is 0.875. The minimum absolute atomic E-state index is 0.237. The summed E-state index contributed by atoms with van der Waals surface area (Å²) in [6, 6.07) is 0.457. The third-order valence-corrected chi connectivity index (χ3v) is 7.45. The lowest BCUT2D eigenvalue weighted by atomic mass is 9.69. The van der Waals surface area contributed by atoms with Crippen LogP contribution in [-0.4, -0.2) is 23.9 Å². The van der Waals surface area contributed by atoms with Crippen molar-refractivity contribution in [3.05, 3.63) is 11.1 Å². The smallest absolute Gasteiger partial charge is 0.249 e. The van der Waals surface area contributed by atoms with Crippen molar-refractivity contribution in [1.29, 1.82) is 0 Å². The molecular formula is C24H43NO. The molecule has 0 atom stereocenters. The molecule has 0 spiro atoms. The Balaban J connectivity index is 1.74. The second-order valence-corrected chi connectivity index (χ2v) is 9.39. The molecule has 0 unspecified atom stereocenters. The van der Waals surface area contributed by atoms with Crippen LogP contribution in [0.1, 0.15) is 105 Å². The molecule has 0 heterocycles. The minimum atomic E-state index is 0.237. The maximum atomic E-state index is 12.6. The van der Waals surface area contributed by atoms with E-state index in [2.05, 4.69) is 6.92 Å². The van der Waals surface area contributed by atoms with Crippen LogP contribution in [0.5, 0.6) is 0 Å². The van der Waals surface area contributed by atoms with Crippen LogP contribution in [0.15, 0.2) is 11.1 Å². The molecule has 2 fully saturated rings. The Labute approximate surface area is 162 Å². The number of carbonyl (C=O) groups is 1. The van der Waals surface area contributed by atoms with Gasteiger partial charge in [0.15, 0.2) is 0 Å². The van der Waals surface area contributed by atoms with Gasteiger partial charge in [-0.2, -0.15) is 0 Å². The summed E-state index contributed by atoms with van der Waals surface area (Å²) in [5.41, 5.74) is 2.07. The van der Waals surface area contributed by atoms with Crippen LogP contribution < -0.4 is 0 Å². The van der Waals surface area contributed by atoms with Gasteiger partial charge >= 0.3 is 0 Å². The van der Waals surface area contributed by atoms with E-state index in [1.54, 1.807) is 0 Å². The van der Waals surface area contributed by atoms with Gasteiger partial charge in [-0.25, -0.2) is 0 Å². The van der Waals surface area contributed by atoms with E-state index in [1.807, 2.05) is 32.7 Å². The molecule has 2 heteroatoms. The number of amides is 1. The molecule has 0 radical (unpaired) electrons. The van der Waals surface area contributed by atoms with Crippen LogP contribution >= 0.6 is 0 Å². The molecule has 0 saturated heterocycles. The number of hydrogen-bond acceptors (Lipinski definition) is 1. The summed E-state index contributed by atoms with van der Waals surface area (Å²) in [4.78, 5) is 14.6. The Morgan fingerprint density at radius 1 is 0.846 bits per heavy atom. The van der Waals surface area contributed by atoms with Crippen molar-refractivity contribution in [2.75, 3.05) is 7.05 Å². The highest BCUT2D eigenvalue weighted by Gasteiger charge is 2.32. The first-order valence-electron chi connectivity index (χ1n) is 11.3. The van der Waals surface area contributed by atoms with Crippen LogP contribution in [0.2, 0.25) is 0 Å². The number of rotatable bonds is 7. The van der Waals surface area contributed by atoms with Crippen molar-refractivity contribution in [3.8, 4) is 0 Å². The van der Waals surface area contributed by atoms with Gasteiger partial charge in [-0.1, -0.05) is 51.0 Å². The number of allylic oxidation sites excluding steroid dienone is 1. The number of nitrogens with zero attached hydrogens (tertiary/aromatic N) is 1. The van der Waals surface area contributed by atoms with E-state index in [-0.39, 0.29) is 5.91 Å². The predicted molar refractivity (Wildman–Crippen MR) is 112 cm³/mol. The highest BCUT2D eigenvalue weighted by molar-refractivity contribution is 5.93. The molecule has 26 heavy (non-hydrogen) atoms. The number of unbranched alkanes of at least 4 members (excludes halogenated alkanes) is 2. The first kappa shape index (κ1) is 21.5. The van der Waals surface area contributed by atoms with Crippen LogP contribution in [0.3, 0.4) is 0 Å². The van der Waals surface area contributed by atoms with E-state index in [0.717, 1.165) is 28.9 Å². The van der Waals surface area contributed by atoms with Crippen LogP contribution in [0, 0.1) is 17.8 Å². The van der Waals surface area contributed by atoms with Gasteiger partial charge in [-0.15, -0.1) is 0 Å². The fourth-order valence-electron chi connectivity index (χ4n) is 5.24. The minimum Gasteiger partial charge on any atom is -0.339 e. The lowest BCUT2D eigenvalue weighted by Crippen LogP contribution is -2.41. The Kier molecular flexibility index (Phi) is 8.70. The predicted octanol–water partition coefficient (Wildman–Crippen LogP) is 6.75. The summed E-state index contributed by atoms with van der Waals surface area (Å²) in [6.07, 6.45) is 16.7. The zero-order valence-electron chi connectivity index (χ0n) is 18.2. The SMILES string of the molecule is CCCCCC1CCC(C2CCC(N(C)C(=O)C(C)=C(C)C)CC2)CC1. The topological polar surface area (TPSA) is 20.3 Å². The highest BCUT2D eigenvalue weighted by atomic mass is 16.2. The van der Waals surface area contributed by atoms with Gasteiger partial charge in [0.05, 0.1) is 0 Å². The number of hydrogen-bond donors (Lipinski definition) is 0. The van der Waals surface area contributed by atoms with Gasteiger partial charge in [-0.05, 0) is 77.0 Å². The number of likely N-dealkylation sites (N-methyl/N-ethyl adjacent to an activating group) is 1. The molecular weight excluding hydrogens is 318 g/mol. The molecule has 150 valence electrons. The van der Waals surface area contributed by atoms with E-state index >= 15 is 0 Å². The maximum absolute atomic E-state index is 12.6. The highest BCUT2D eigenvalue weighted by Crippen LogP contribution is 2.41. The van der Waals surface area contributed by atoms with E-state index < -0.39 is 0 Å². The van der Waals surface area contributed by atoms with Crippen LogP contribution in [-0.2, 0) is 4.79 Å². The fourth-order valence-corrected chi connectivity index (χ4v) is 5.24. The first-order valence-corrected chi connectivity index (χ1v) is 11.3. The average molecular weight is 362 g/mol. The van der Waals surface area contributed by atoms with Crippen LogP contribution in [0.25, 0.3) is 0 Å². The summed E-state index contributed by atoms with van der Waals surface area (Å²) in [7, 11) is 2.02. The van der Waals surface area contributed by atoms with Gasteiger partial charge in [0.1, 0.15) is 0 Å². The molecule has 2 rings (SSSR count). The summed E-state index contributed by atoms with van der Waals surface area (Å²) in [5, 5.41) is 0. The Morgan fingerprint density at radius 3 is 1.88 bits per heavy atom. The summed E-state index contributed by atoms with van der Waals surface area (Å²) in [5.74, 6) is 3.15. The summed E-state index contributed by atoms with van der Waals surface area (Å²) in [6.45, 7) is 8.35. The quantitative estimate of drug-likeness (QED) is 0.363. The Hall–Kier alpha value is -0.790. The molecule has 0 aromatic rings. The molecule has 1 amide bonds. The maximum Gasteiger partial charge on any atom is 0.249 e. The van der Waals surface area contributed by atoms with Gasteiger partial charge in [-0.3, -0.25) is 4.79 Å². The standard InChI is InChI=1S/C24H43NO/c1-6-7-8-9-20-10-12-21(13-11-20)22-14-16-23(17-15-22)25(5)24(26)19(4)18(2)3/h20-23H,6-17H2,1-5H3. The average Bonchev–Trinajstić information content (AvgIpc) is 2.67. The molecule has 2 saturated carbocycles. The molecule has 2 aliphatic carbocycles. The Bertz CT molecular complexity index is 461. The third-order valence-electron chi connectivity index (χ3n) is 7.45. The zero-order valence-corrected chi connectivity index (χ0v) is 18.2. The molecule has 2 nitrogen and oxygen atoms in total. The molecule has 0 aromatic heterocycles. The molecule has 0 bridgehead atoms. The lowest BCUT2D eigenvalue weighted by molar-refractivity contribution is -0.128. The zero-order chi connectivity index (χ0) is 19.1. The van der Waals surface area contributed by atoms with Crippen molar-refractivity contribution in [1.82, 2.24) is 4.90 Å². The van der Waals surface area contributed by atoms with E-state index in [1.165, 1.54) is 77.0 Å². The van der Waals surface area contributed by atoms with Crippen molar-refractivity contribution < 1.29 is 4.79 Å². The van der Waals surface area contributed by atoms with Gasteiger partial charge in [0.2, 0.25) is 5.91 Å². The molecule has 0 N–H and O–H groups in total. The second-order valence-electron chi connectivity index (χ2n) is 9.39. The van der Waals surface area contributed by atoms with Gasteiger partial charge in [0.25, 0.3) is 0 Å². The van der Waals surface area contributed by atoms with E-state index in [0.29, 0.717) is 6.04 Å². The second kappa shape index (κ2) is 10.5. The van der Waals surface area contributed by atoms with E-state index in [4.69, 9.17) is 0 Å². The molecule has 0 aliphatic heterocycles. The van der Waals surface area contributed by atoms with Gasteiger partial charge < -0.3 is 4.90 Å². The van der Waals surface area contributed by atoms with Gasteiger partial charge in [0, 0.05) is 18.7 Å². The lowest BCUT2D eigenvalue weighted by Gasteiger charge is -2.40. The monoisotopic (exact) mass is 361 g/mol. The van der Waals surface area contributed by atoms with E-state index in [9.17, 15) is 4.79 Å². The summed E-state index contributed by atoms with van der Waals surface area (Å²) < 4.78 is 0. The largest absolute Gasteiger partial charge is 0.339 e. The van der Waals surface area contributed by atoms with Crippen molar-refractivity contribution in [2.24, 2.45) is 17.8 Å². The Morgan fingerprint density at radius 2 is 1.38 bits per heavy atom. The van der Waals surface area contributed by atoms with Crippen molar-refractivity contribution >= 4 is 5.91 Å². The first-order chi connectivity index (χ1) is 12.4. The van der Waals surface area contributed by atoms with Crippen molar-refractivity contribution in [2.45, 2.75) is 111 Å². The number of carbonyl (C=O) groups excluding carboxylic acids is 1.